The lowest BCUT2D eigenvalue weighted by molar-refractivity contribution is 0.144. The normalized spacial score (nSPS) is 11.2. The van der Waals surface area contributed by atoms with Crippen LogP contribution in [0.5, 0.6) is 5.88 Å². The monoisotopic (exact) mass is 324 g/mol. The summed E-state index contributed by atoms with van der Waals surface area (Å²) >= 11 is 0. The number of benzene rings is 1. The van der Waals surface area contributed by atoms with Gasteiger partial charge in [-0.3, -0.25) is 5.10 Å². The Kier molecular flexibility index (Phi) is 5.08. The first kappa shape index (κ1) is 16.0. The summed E-state index contributed by atoms with van der Waals surface area (Å²) in [6.07, 6.45) is 5.62. The van der Waals surface area contributed by atoms with Crippen molar-refractivity contribution < 1.29 is 9.47 Å². The number of H-pyrrole nitrogens is 1. The number of rotatable bonds is 7. The van der Waals surface area contributed by atoms with Gasteiger partial charge in [-0.25, -0.2) is 4.98 Å². The Labute approximate surface area is 140 Å². The quantitative estimate of drug-likeness (QED) is 0.650. The van der Waals surface area contributed by atoms with Gasteiger partial charge in [-0.2, -0.15) is 5.10 Å². The Hall–Kier alpha value is -2.86. The molecule has 6 heteroatoms. The van der Waals surface area contributed by atoms with Gasteiger partial charge < -0.3 is 14.8 Å². The first-order chi connectivity index (χ1) is 11.8. The van der Waals surface area contributed by atoms with Crippen LogP contribution in [-0.2, 0) is 4.74 Å². The molecule has 0 fully saturated rings. The van der Waals surface area contributed by atoms with Crippen molar-refractivity contribution in [2.45, 2.75) is 6.92 Å². The number of pyridine rings is 1. The van der Waals surface area contributed by atoms with Gasteiger partial charge in [0.25, 0.3) is 0 Å². The topological polar surface area (TPSA) is 72.1 Å². The number of aromatic nitrogens is 3. The van der Waals surface area contributed by atoms with Gasteiger partial charge in [0, 0.05) is 36.0 Å². The van der Waals surface area contributed by atoms with E-state index in [0.717, 1.165) is 27.8 Å². The van der Waals surface area contributed by atoms with Crippen molar-refractivity contribution in [3.63, 3.8) is 0 Å². The fourth-order valence-corrected chi connectivity index (χ4v) is 2.34. The lowest BCUT2D eigenvalue weighted by atomic mass is 10.1. The Morgan fingerprint density at radius 2 is 2.12 bits per heavy atom. The molecule has 0 aliphatic carbocycles. The van der Waals surface area contributed by atoms with Crippen molar-refractivity contribution in [2.75, 3.05) is 25.6 Å². The molecular weight excluding hydrogens is 304 g/mol. The SMILES string of the molecule is C/C=C/Nc1ccc2[nH]nc(-c3ccc(OCCOC)nc3)c2c1. The molecule has 124 valence electrons. The van der Waals surface area contributed by atoms with Crippen molar-refractivity contribution in [3.8, 4) is 17.1 Å². The molecule has 24 heavy (non-hydrogen) atoms. The van der Waals surface area contributed by atoms with Crippen LogP contribution in [0.4, 0.5) is 5.69 Å². The number of aromatic amines is 1. The minimum Gasteiger partial charge on any atom is -0.475 e. The van der Waals surface area contributed by atoms with Gasteiger partial charge >= 0.3 is 0 Å². The molecule has 2 N–H and O–H groups in total. The van der Waals surface area contributed by atoms with Gasteiger partial charge in [0.2, 0.25) is 5.88 Å². The fraction of sp³-hybridized carbons (Fsp3) is 0.222. The van der Waals surface area contributed by atoms with Gasteiger partial charge in [-0.05, 0) is 37.4 Å². The second kappa shape index (κ2) is 7.61. The number of fused-ring (bicyclic) bond motifs is 1. The van der Waals surface area contributed by atoms with E-state index in [1.807, 2.05) is 43.5 Å². The van der Waals surface area contributed by atoms with E-state index in [-0.39, 0.29) is 0 Å². The molecule has 1 aromatic carbocycles. The van der Waals surface area contributed by atoms with Crippen LogP contribution in [0, 0.1) is 0 Å². The van der Waals surface area contributed by atoms with Gasteiger partial charge in [-0.15, -0.1) is 0 Å². The highest BCUT2D eigenvalue weighted by atomic mass is 16.5. The summed E-state index contributed by atoms with van der Waals surface area (Å²) in [4.78, 5) is 4.33. The third-order valence-corrected chi connectivity index (χ3v) is 3.53. The van der Waals surface area contributed by atoms with E-state index < -0.39 is 0 Å². The average molecular weight is 324 g/mol. The number of hydrogen-bond acceptors (Lipinski definition) is 5. The van der Waals surface area contributed by atoms with Gasteiger partial charge in [0.1, 0.15) is 12.3 Å². The highest BCUT2D eigenvalue weighted by molar-refractivity contribution is 5.94. The van der Waals surface area contributed by atoms with Crippen molar-refractivity contribution in [1.29, 1.82) is 0 Å². The van der Waals surface area contributed by atoms with Crippen LogP contribution in [0.25, 0.3) is 22.2 Å². The molecule has 0 saturated carbocycles. The predicted octanol–water partition coefficient (Wildman–Crippen LogP) is 3.60. The van der Waals surface area contributed by atoms with Crippen LogP contribution in [-0.4, -0.2) is 35.5 Å². The van der Waals surface area contributed by atoms with E-state index >= 15 is 0 Å². The van der Waals surface area contributed by atoms with Crippen LogP contribution in [0.2, 0.25) is 0 Å². The number of nitrogens with one attached hydrogen (secondary N) is 2. The maximum Gasteiger partial charge on any atom is 0.213 e. The molecule has 0 saturated heterocycles. The number of allylic oxidation sites excluding steroid dienone is 1. The Balaban J connectivity index is 1.85. The van der Waals surface area contributed by atoms with Crippen molar-refractivity contribution in [1.82, 2.24) is 15.2 Å². The second-order valence-corrected chi connectivity index (χ2v) is 5.20. The Morgan fingerprint density at radius 3 is 2.88 bits per heavy atom. The fourth-order valence-electron chi connectivity index (χ4n) is 2.34. The highest BCUT2D eigenvalue weighted by Crippen LogP contribution is 2.28. The predicted molar refractivity (Wildman–Crippen MR) is 95.1 cm³/mol. The van der Waals surface area contributed by atoms with E-state index in [1.165, 1.54) is 0 Å². The van der Waals surface area contributed by atoms with Crippen molar-refractivity contribution in [3.05, 3.63) is 48.8 Å². The van der Waals surface area contributed by atoms with Crippen molar-refractivity contribution >= 4 is 16.6 Å². The molecular formula is C18H20N4O2. The van der Waals surface area contributed by atoms with Crippen molar-refractivity contribution in [2.24, 2.45) is 0 Å². The second-order valence-electron chi connectivity index (χ2n) is 5.20. The molecule has 0 atom stereocenters. The number of hydrogen-bond donors (Lipinski definition) is 2. The molecule has 0 amide bonds. The summed E-state index contributed by atoms with van der Waals surface area (Å²) in [6.45, 7) is 2.99. The zero-order valence-electron chi connectivity index (χ0n) is 13.7. The molecule has 0 bridgehead atoms. The molecule has 2 heterocycles. The molecule has 0 radical (unpaired) electrons. The molecule has 6 nitrogen and oxygen atoms in total. The zero-order chi connectivity index (χ0) is 16.8. The summed E-state index contributed by atoms with van der Waals surface area (Å²) in [6, 6.07) is 9.88. The third-order valence-electron chi connectivity index (χ3n) is 3.53. The van der Waals surface area contributed by atoms with Crippen LogP contribution in [0.3, 0.4) is 0 Å². The molecule has 3 rings (SSSR count). The zero-order valence-corrected chi connectivity index (χ0v) is 13.7. The van der Waals surface area contributed by atoms with E-state index in [9.17, 15) is 0 Å². The molecule has 0 spiro atoms. The minimum absolute atomic E-state index is 0.480. The molecule has 0 aliphatic heterocycles. The van der Waals surface area contributed by atoms with Gasteiger partial charge in [-0.1, -0.05) is 6.08 Å². The summed E-state index contributed by atoms with van der Waals surface area (Å²) < 4.78 is 10.4. The van der Waals surface area contributed by atoms with E-state index in [0.29, 0.717) is 19.1 Å². The number of anilines is 1. The largest absolute Gasteiger partial charge is 0.475 e. The number of nitrogens with zero attached hydrogens (tertiary/aromatic N) is 2. The molecule has 3 aromatic rings. The standard InChI is InChI=1S/C18H20N4O2/c1-3-8-19-14-5-6-16-15(11-14)18(22-21-16)13-4-7-17(20-12-13)24-10-9-23-2/h3-8,11-12,19H,9-10H2,1-2H3,(H,21,22)/b8-3+. The molecule has 0 aliphatic rings. The Bertz CT molecular complexity index is 825. The molecule has 2 aromatic heterocycles. The highest BCUT2D eigenvalue weighted by Gasteiger charge is 2.09. The summed E-state index contributed by atoms with van der Waals surface area (Å²) in [5, 5.41) is 11.7. The van der Waals surface area contributed by atoms with Crippen LogP contribution < -0.4 is 10.1 Å². The smallest absolute Gasteiger partial charge is 0.213 e. The lowest BCUT2D eigenvalue weighted by Gasteiger charge is -2.05. The Morgan fingerprint density at radius 1 is 1.21 bits per heavy atom. The van der Waals surface area contributed by atoms with E-state index in [1.54, 1.807) is 13.3 Å². The van der Waals surface area contributed by atoms with Crippen LogP contribution in [0.1, 0.15) is 6.92 Å². The summed E-state index contributed by atoms with van der Waals surface area (Å²) in [7, 11) is 1.64. The summed E-state index contributed by atoms with van der Waals surface area (Å²) in [5.41, 5.74) is 3.79. The number of ether oxygens (including phenoxy) is 2. The van der Waals surface area contributed by atoms with Gasteiger partial charge in [0.05, 0.1) is 12.1 Å². The maximum atomic E-state index is 5.49. The molecule has 0 unspecified atom stereocenters. The minimum atomic E-state index is 0.480. The average Bonchev–Trinajstić information content (AvgIpc) is 3.04. The lowest BCUT2D eigenvalue weighted by Crippen LogP contribution is -2.05. The van der Waals surface area contributed by atoms with E-state index in [4.69, 9.17) is 9.47 Å². The van der Waals surface area contributed by atoms with E-state index in [2.05, 4.69) is 26.6 Å². The third kappa shape index (κ3) is 3.55. The van der Waals surface area contributed by atoms with Crippen LogP contribution >= 0.6 is 0 Å². The first-order valence-electron chi connectivity index (χ1n) is 7.76. The van der Waals surface area contributed by atoms with Gasteiger partial charge in [0.15, 0.2) is 0 Å². The summed E-state index contributed by atoms with van der Waals surface area (Å²) in [5.74, 6) is 0.575. The van der Waals surface area contributed by atoms with Crippen LogP contribution in [0.15, 0.2) is 48.8 Å². The first-order valence-corrected chi connectivity index (χ1v) is 7.76. The maximum absolute atomic E-state index is 5.49. The number of methoxy groups -OCH3 is 1.